The van der Waals surface area contributed by atoms with E-state index in [2.05, 4.69) is 21.2 Å². The Morgan fingerprint density at radius 3 is 2.94 bits per heavy atom. The van der Waals surface area contributed by atoms with Gasteiger partial charge in [0.15, 0.2) is 0 Å². The Kier molecular flexibility index (Phi) is 4.42. The number of aliphatic hydroxyl groups is 1. The van der Waals surface area contributed by atoms with Crippen LogP contribution in [0, 0.1) is 0 Å². The maximum absolute atomic E-state index is 9.96. The molecule has 1 unspecified atom stereocenters. The second-order valence-corrected chi connectivity index (χ2v) is 5.41. The van der Waals surface area contributed by atoms with Crippen LogP contribution in [0.25, 0.3) is 0 Å². The minimum Gasteiger partial charge on any atom is -0.496 e. The third-order valence-corrected chi connectivity index (χ3v) is 3.41. The Labute approximate surface area is 110 Å². The number of hydrogen-bond donors (Lipinski definition) is 2. The van der Waals surface area contributed by atoms with Gasteiger partial charge in [0.2, 0.25) is 0 Å². The van der Waals surface area contributed by atoms with Crippen LogP contribution in [0.15, 0.2) is 22.7 Å². The molecular weight excluding hydrogens is 282 g/mol. The van der Waals surface area contributed by atoms with E-state index in [1.807, 2.05) is 18.2 Å². The molecule has 0 bridgehead atoms. The highest BCUT2D eigenvalue weighted by atomic mass is 79.9. The molecule has 1 aromatic rings. The van der Waals surface area contributed by atoms with E-state index in [0.717, 1.165) is 15.8 Å². The molecule has 0 radical (unpaired) electrons. The zero-order chi connectivity index (χ0) is 12.3. The predicted octanol–water partition coefficient (Wildman–Crippen LogP) is 2.11. The number of ether oxygens (including phenoxy) is 1. The lowest BCUT2D eigenvalue weighted by molar-refractivity contribution is 0.170. The third kappa shape index (κ3) is 3.98. The molecule has 0 amide bonds. The average Bonchev–Trinajstić information content (AvgIpc) is 3.10. The molecule has 0 saturated heterocycles. The quantitative estimate of drug-likeness (QED) is 0.845. The zero-order valence-corrected chi connectivity index (χ0v) is 11.5. The molecule has 1 aliphatic rings. The topological polar surface area (TPSA) is 41.5 Å². The molecule has 1 atom stereocenters. The van der Waals surface area contributed by atoms with Crippen LogP contribution in [0.2, 0.25) is 0 Å². The van der Waals surface area contributed by atoms with Crippen molar-refractivity contribution in [2.24, 2.45) is 0 Å². The maximum Gasteiger partial charge on any atom is 0.122 e. The fourth-order valence-corrected chi connectivity index (χ4v) is 2.23. The maximum atomic E-state index is 9.96. The second kappa shape index (κ2) is 5.85. The van der Waals surface area contributed by atoms with Crippen molar-refractivity contribution < 1.29 is 9.84 Å². The van der Waals surface area contributed by atoms with Crippen LogP contribution >= 0.6 is 15.9 Å². The molecule has 0 heterocycles. The van der Waals surface area contributed by atoms with Gasteiger partial charge in [-0.05, 0) is 36.6 Å². The highest BCUT2D eigenvalue weighted by molar-refractivity contribution is 9.10. The molecule has 3 nitrogen and oxygen atoms in total. The van der Waals surface area contributed by atoms with Crippen molar-refractivity contribution in [1.82, 2.24) is 5.32 Å². The summed E-state index contributed by atoms with van der Waals surface area (Å²) in [5.74, 6) is 0.832. The van der Waals surface area contributed by atoms with Gasteiger partial charge in [-0.3, -0.25) is 0 Å². The van der Waals surface area contributed by atoms with E-state index >= 15 is 0 Å². The lowest BCUT2D eigenvalue weighted by atomic mass is 10.1. The molecule has 1 aliphatic carbocycles. The van der Waals surface area contributed by atoms with Gasteiger partial charge in [0.25, 0.3) is 0 Å². The minimum atomic E-state index is -0.362. The summed E-state index contributed by atoms with van der Waals surface area (Å²) in [4.78, 5) is 0. The summed E-state index contributed by atoms with van der Waals surface area (Å²) in [5, 5.41) is 13.3. The van der Waals surface area contributed by atoms with E-state index in [-0.39, 0.29) is 6.10 Å². The first-order chi connectivity index (χ1) is 8.19. The van der Waals surface area contributed by atoms with Crippen LogP contribution in [0.3, 0.4) is 0 Å². The minimum absolute atomic E-state index is 0.362. The summed E-state index contributed by atoms with van der Waals surface area (Å²) in [6.07, 6.45) is 2.74. The number of benzene rings is 1. The average molecular weight is 300 g/mol. The molecule has 94 valence electrons. The fourth-order valence-electron chi connectivity index (χ4n) is 1.82. The summed E-state index contributed by atoms with van der Waals surface area (Å²) >= 11 is 3.43. The van der Waals surface area contributed by atoms with Gasteiger partial charge in [-0.25, -0.2) is 0 Å². The zero-order valence-electron chi connectivity index (χ0n) is 9.95. The Hall–Kier alpha value is -0.580. The van der Waals surface area contributed by atoms with E-state index in [4.69, 9.17) is 4.74 Å². The van der Waals surface area contributed by atoms with Crippen molar-refractivity contribution >= 4 is 15.9 Å². The molecule has 0 spiro atoms. The van der Waals surface area contributed by atoms with Crippen LogP contribution in [-0.4, -0.2) is 30.9 Å². The fraction of sp³-hybridized carbons (Fsp3) is 0.538. The number of halogens is 1. The van der Waals surface area contributed by atoms with Gasteiger partial charge >= 0.3 is 0 Å². The van der Waals surface area contributed by atoms with Crippen LogP contribution in [0.5, 0.6) is 5.75 Å². The molecule has 17 heavy (non-hydrogen) atoms. The van der Waals surface area contributed by atoms with E-state index in [9.17, 15) is 5.11 Å². The Morgan fingerprint density at radius 1 is 1.53 bits per heavy atom. The Morgan fingerprint density at radius 2 is 2.29 bits per heavy atom. The predicted molar refractivity (Wildman–Crippen MR) is 71.4 cm³/mol. The first-order valence-corrected chi connectivity index (χ1v) is 6.72. The second-order valence-electron chi connectivity index (χ2n) is 4.50. The highest BCUT2D eigenvalue weighted by Crippen LogP contribution is 2.24. The summed E-state index contributed by atoms with van der Waals surface area (Å²) in [7, 11) is 1.65. The van der Waals surface area contributed by atoms with Crippen LogP contribution in [0.1, 0.15) is 18.4 Å². The summed E-state index contributed by atoms with van der Waals surface area (Å²) < 4.78 is 6.30. The number of methoxy groups -OCH3 is 1. The lowest BCUT2D eigenvalue weighted by Gasteiger charge is -2.14. The van der Waals surface area contributed by atoms with Gasteiger partial charge in [-0.1, -0.05) is 15.9 Å². The van der Waals surface area contributed by atoms with Crippen molar-refractivity contribution in [3.63, 3.8) is 0 Å². The number of rotatable bonds is 6. The van der Waals surface area contributed by atoms with Gasteiger partial charge < -0.3 is 15.2 Å². The van der Waals surface area contributed by atoms with Gasteiger partial charge in [0.05, 0.1) is 13.2 Å². The Balaban J connectivity index is 1.92. The van der Waals surface area contributed by atoms with E-state index < -0.39 is 0 Å². The van der Waals surface area contributed by atoms with Gasteiger partial charge in [0.1, 0.15) is 5.75 Å². The lowest BCUT2D eigenvalue weighted by Crippen LogP contribution is -2.29. The first-order valence-electron chi connectivity index (χ1n) is 5.93. The number of aliphatic hydroxyl groups excluding tert-OH is 1. The summed E-state index contributed by atoms with van der Waals surface area (Å²) in [6.45, 7) is 0.653. The smallest absolute Gasteiger partial charge is 0.122 e. The molecule has 0 aromatic heterocycles. The monoisotopic (exact) mass is 299 g/mol. The molecule has 4 heteroatoms. The van der Waals surface area contributed by atoms with Crippen molar-refractivity contribution in [2.45, 2.75) is 31.4 Å². The van der Waals surface area contributed by atoms with Crippen LogP contribution in [0.4, 0.5) is 0 Å². The molecule has 2 rings (SSSR count). The molecule has 1 saturated carbocycles. The third-order valence-electron chi connectivity index (χ3n) is 2.92. The standard InChI is InChI=1S/C13H18BrNO2/c1-17-13-5-2-10(14)6-9(13)7-12(16)8-15-11-3-4-11/h2,5-6,11-12,15-16H,3-4,7-8H2,1H3. The van der Waals surface area contributed by atoms with E-state index in [1.54, 1.807) is 7.11 Å². The summed E-state index contributed by atoms with van der Waals surface area (Å²) in [6, 6.07) is 6.49. The molecule has 1 fully saturated rings. The molecule has 1 aromatic carbocycles. The summed E-state index contributed by atoms with van der Waals surface area (Å²) in [5.41, 5.74) is 1.03. The van der Waals surface area contributed by atoms with Crippen LogP contribution in [-0.2, 0) is 6.42 Å². The molecule has 0 aliphatic heterocycles. The SMILES string of the molecule is COc1ccc(Br)cc1CC(O)CNC1CC1. The van der Waals surface area contributed by atoms with Crippen molar-refractivity contribution in [3.05, 3.63) is 28.2 Å². The largest absolute Gasteiger partial charge is 0.496 e. The van der Waals surface area contributed by atoms with Gasteiger partial charge in [-0.2, -0.15) is 0 Å². The van der Waals surface area contributed by atoms with Crippen molar-refractivity contribution in [1.29, 1.82) is 0 Å². The van der Waals surface area contributed by atoms with Gasteiger partial charge in [-0.15, -0.1) is 0 Å². The van der Waals surface area contributed by atoms with Crippen molar-refractivity contribution in [3.8, 4) is 5.75 Å². The van der Waals surface area contributed by atoms with Gasteiger partial charge in [0, 0.05) is 23.5 Å². The normalized spacial score (nSPS) is 16.9. The Bertz CT molecular complexity index is 380. The van der Waals surface area contributed by atoms with E-state index in [1.165, 1.54) is 12.8 Å². The first kappa shape index (κ1) is 12.9. The van der Waals surface area contributed by atoms with E-state index in [0.29, 0.717) is 19.0 Å². The number of nitrogens with one attached hydrogen (secondary N) is 1. The number of hydrogen-bond acceptors (Lipinski definition) is 3. The van der Waals surface area contributed by atoms with Crippen molar-refractivity contribution in [2.75, 3.05) is 13.7 Å². The molecule has 2 N–H and O–H groups in total. The molecular formula is C13H18BrNO2. The van der Waals surface area contributed by atoms with Crippen LogP contribution < -0.4 is 10.1 Å². The highest BCUT2D eigenvalue weighted by Gasteiger charge is 2.21.